The number of aromatic amines is 1. The van der Waals surface area contributed by atoms with E-state index in [1.165, 1.54) is 0 Å². The van der Waals surface area contributed by atoms with Crippen LogP contribution in [0.3, 0.4) is 0 Å². The van der Waals surface area contributed by atoms with Crippen LogP contribution in [0.2, 0.25) is 0 Å². The van der Waals surface area contributed by atoms with Crippen molar-refractivity contribution in [2.24, 2.45) is 0 Å². The lowest BCUT2D eigenvalue weighted by atomic mass is 10.2. The van der Waals surface area contributed by atoms with Crippen LogP contribution in [0.15, 0.2) is 28.9 Å². The summed E-state index contributed by atoms with van der Waals surface area (Å²) in [5.41, 5.74) is 1.15. The van der Waals surface area contributed by atoms with Gasteiger partial charge in [0.2, 0.25) is 0 Å². The zero-order valence-corrected chi connectivity index (χ0v) is 10.7. The van der Waals surface area contributed by atoms with Gasteiger partial charge in [-0.25, -0.2) is 0 Å². The third kappa shape index (κ3) is 2.26. The number of H-pyrrole nitrogens is 1. The lowest BCUT2D eigenvalue weighted by Crippen LogP contribution is -2.52. The summed E-state index contributed by atoms with van der Waals surface area (Å²) in [6, 6.07) is 5.55. The van der Waals surface area contributed by atoms with Crippen molar-refractivity contribution in [3.63, 3.8) is 0 Å². The SMILES string of the molecule is C[C@H]1CNCCN1C(=O)c1cc(-c2ccco2)[nH]n1. The van der Waals surface area contributed by atoms with Gasteiger partial charge in [0, 0.05) is 31.7 Å². The molecule has 2 aromatic rings. The molecule has 0 radical (unpaired) electrons. The summed E-state index contributed by atoms with van der Waals surface area (Å²) >= 11 is 0. The molecule has 2 aromatic heterocycles. The Labute approximate surface area is 110 Å². The van der Waals surface area contributed by atoms with Crippen molar-refractivity contribution in [1.82, 2.24) is 20.4 Å². The molecule has 1 aliphatic heterocycles. The van der Waals surface area contributed by atoms with Crippen LogP contribution in [0.4, 0.5) is 0 Å². The number of piperazine rings is 1. The summed E-state index contributed by atoms with van der Waals surface area (Å²) in [5.74, 6) is 0.642. The van der Waals surface area contributed by atoms with Crippen molar-refractivity contribution in [3.05, 3.63) is 30.2 Å². The fourth-order valence-electron chi connectivity index (χ4n) is 2.28. The van der Waals surface area contributed by atoms with E-state index in [-0.39, 0.29) is 11.9 Å². The van der Waals surface area contributed by atoms with E-state index < -0.39 is 0 Å². The fourth-order valence-corrected chi connectivity index (χ4v) is 2.28. The first kappa shape index (κ1) is 12.0. The van der Waals surface area contributed by atoms with Crippen LogP contribution in [0.1, 0.15) is 17.4 Å². The number of nitrogens with zero attached hydrogens (tertiary/aromatic N) is 2. The lowest BCUT2D eigenvalue weighted by molar-refractivity contribution is 0.0649. The molecule has 0 aliphatic carbocycles. The van der Waals surface area contributed by atoms with Crippen LogP contribution in [0, 0.1) is 0 Å². The van der Waals surface area contributed by atoms with Crippen LogP contribution in [-0.2, 0) is 0 Å². The van der Waals surface area contributed by atoms with E-state index in [1.54, 1.807) is 18.4 Å². The Bertz CT molecular complexity index is 561. The maximum absolute atomic E-state index is 12.4. The van der Waals surface area contributed by atoms with Crippen LogP contribution in [-0.4, -0.2) is 46.7 Å². The largest absolute Gasteiger partial charge is 0.463 e. The molecule has 3 heterocycles. The molecule has 6 heteroatoms. The van der Waals surface area contributed by atoms with E-state index in [9.17, 15) is 4.79 Å². The van der Waals surface area contributed by atoms with Crippen LogP contribution in [0.25, 0.3) is 11.5 Å². The summed E-state index contributed by atoms with van der Waals surface area (Å²) in [6.45, 7) is 4.39. The second-order valence-corrected chi connectivity index (χ2v) is 4.70. The van der Waals surface area contributed by atoms with Crippen molar-refractivity contribution in [2.75, 3.05) is 19.6 Å². The number of hydrogen-bond donors (Lipinski definition) is 2. The van der Waals surface area contributed by atoms with E-state index in [0.29, 0.717) is 18.0 Å². The molecule has 1 fully saturated rings. The van der Waals surface area contributed by atoms with Gasteiger partial charge >= 0.3 is 0 Å². The van der Waals surface area contributed by atoms with Gasteiger partial charge in [-0.1, -0.05) is 0 Å². The summed E-state index contributed by atoms with van der Waals surface area (Å²) in [6.07, 6.45) is 1.59. The number of nitrogens with one attached hydrogen (secondary N) is 2. The topological polar surface area (TPSA) is 74.2 Å². The third-order valence-corrected chi connectivity index (χ3v) is 3.35. The zero-order valence-electron chi connectivity index (χ0n) is 10.7. The smallest absolute Gasteiger partial charge is 0.274 e. The highest BCUT2D eigenvalue weighted by Crippen LogP contribution is 2.19. The first-order valence-corrected chi connectivity index (χ1v) is 6.36. The molecule has 1 amide bonds. The normalized spacial score (nSPS) is 19.6. The number of rotatable bonds is 2. The third-order valence-electron chi connectivity index (χ3n) is 3.35. The molecule has 1 aliphatic rings. The van der Waals surface area contributed by atoms with Crippen LogP contribution in [0.5, 0.6) is 0 Å². The van der Waals surface area contributed by atoms with Crippen molar-refractivity contribution in [2.45, 2.75) is 13.0 Å². The van der Waals surface area contributed by atoms with E-state index in [2.05, 4.69) is 15.5 Å². The number of hydrogen-bond acceptors (Lipinski definition) is 4. The Hall–Kier alpha value is -2.08. The van der Waals surface area contributed by atoms with Crippen molar-refractivity contribution >= 4 is 5.91 Å². The standard InChI is InChI=1S/C13H16N4O2/c1-9-8-14-4-5-17(9)13(18)11-7-10(15-16-11)12-3-2-6-19-12/h2-3,6-7,9,14H,4-5,8H2,1H3,(H,15,16)/t9-/m0/s1. The average molecular weight is 260 g/mol. The maximum atomic E-state index is 12.4. The van der Waals surface area contributed by atoms with Gasteiger partial charge in [0.25, 0.3) is 5.91 Å². The van der Waals surface area contributed by atoms with Crippen molar-refractivity contribution in [1.29, 1.82) is 0 Å². The molecule has 19 heavy (non-hydrogen) atoms. The molecule has 0 aromatic carbocycles. The number of carbonyl (C=O) groups is 1. The van der Waals surface area contributed by atoms with Gasteiger partial charge in [0.1, 0.15) is 5.69 Å². The number of amides is 1. The van der Waals surface area contributed by atoms with Gasteiger partial charge in [-0.2, -0.15) is 5.10 Å². The molecule has 0 saturated carbocycles. The molecule has 0 unspecified atom stereocenters. The Balaban J connectivity index is 1.80. The van der Waals surface area contributed by atoms with Gasteiger partial charge in [-0.3, -0.25) is 9.89 Å². The fraction of sp³-hybridized carbons (Fsp3) is 0.385. The summed E-state index contributed by atoms with van der Waals surface area (Å²) in [5, 5.41) is 10.2. The molecule has 6 nitrogen and oxygen atoms in total. The second-order valence-electron chi connectivity index (χ2n) is 4.70. The minimum atomic E-state index is -0.0388. The Morgan fingerprint density at radius 3 is 3.21 bits per heavy atom. The lowest BCUT2D eigenvalue weighted by Gasteiger charge is -2.33. The van der Waals surface area contributed by atoms with E-state index >= 15 is 0 Å². The van der Waals surface area contributed by atoms with Crippen LogP contribution >= 0.6 is 0 Å². The number of furan rings is 1. The van der Waals surface area contributed by atoms with Crippen molar-refractivity contribution < 1.29 is 9.21 Å². The number of carbonyl (C=O) groups excluding carboxylic acids is 1. The molecule has 1 saturated heterocycles. The highest BCUT2D eigenvalue weighted by Gasteiger charge is 2.25. The Morgan fingerprint density at radius 2 is 2.47 bits per heavy atom. The monoisotopic (exact) mass is 260 g/mol. The highest BCUT2D eigenvalue weighted by molar-refractivity contribution is 5.93. The van der Waals surface area contributed by atoms with Crippen LogP contribution < -0.4 is 5.32 Å². The average Bonchev–Trinajstić information content (AvgIpc) is 3.09. The maximum Gasteiger partial charge on any atom is 0.274 e. The van der Waals surface area contributed by atoms with Gasteiger partial charge in [-0.15, -0.1) is 0 Å². The van der Waals surface area contributed by atoms with E-state index in [0.717, 1.165) is 18.8 Å². The van der Waals surface area contributed by atoms with Gasteiger partial charge in [0.15, 0.2) is 11.5 Å². The summed E-state index contributed by atoms with van der Waals surface area (Å²) in [7, 11) is 0. The summed E-state index contributed by atoms with van der Waals surface area (Å²) < 4.78 is 5.27. The Kier molecular flexibility index (Phi) is 3.08. The zero-order chi connectivity index (χ0) is 13.2. The van der Waals surface area contributed by atoms with Gasteiger partial charge in [0.05, 0.1) is 6.26 Å². The quantitative estimate of drug-likeness (QED) is 0.848. The molecular weight excluding hydrogens is 244 g/mol. The predicted molar refractivity (Wildman–Crippen MR) is 69.7 cm³/mol. The Morgan fingerprint density at radius 1 is 1.58 bits per heavy atom. The first-order chi connectivity index (χ1) is 9.25. The van der Waals surface area contributed by atoms with Gasteiger partial charge in [-0.05, 0) is 19.1 Å². The predicted octanol–water partition coefficient (Wildman–Crippen LogP) is 1.10. The minimum Gasteiger partial charge on any atom is -0.463 e. The summed E-state index contributed by atoms with van der Waals surface area (Å²) in [4.78, 5) is 14.2. The molecule has 1 atom stereocenters. The molecule has 0 bridgehead atoms. The van der Waals surface area contributed by atoms with E-state index in [4.69, 9.17) is 4.42 Å². The van der Waals surface area contributed by atoms with E-state index in [1.807, 2.05) is 17.9 Å². The first-order valence-electron chi connectivity index (χ1n) is 6.36. The minimum absolute atomic E-state index is 0.0388. The second kappa shape index (κ2) is 4.89. The highest BCUT2D eigenvalue weighted by atomic mass is 16.3. The molecule has 3 rings (SSSR count). The molecule has 2 N–H and O–H groups in total. The molecule has 0 spiro atoms. The van der Waals surface area contributed by atoms with Crippen molar-refractivity contribution in [3.8, 4) is 11.5 Å². The molecule has 100 valence electrons. The number of aromatic nitrogens is 2. The van der Waals surface area contributed by atoms with Gasteiger partial charge < -0.3 is 14.6 Å². The molecular formula is C13H16N4O2.